The molecule has 1 fully saturated rings. The van der Waals surface area contributed by atoms with Gasteiger partial charge >= 0.3 is 0 Å². The van der Waals surface area contributed by atoms with E-state index in [9.17, 15) is 9.18 Å². The molecule has 8 heteroatoms. The molecule has 4 rings (SSSR count). The highest BCUT2D eigenvalue weighted by molar-refractivity contribution is 5.98. The lowest BCUT2D eigenvalue weighted by Gasteiger charge is -2.16. The van der Waals surface area contributed by atoms with Crippen molar-refractivity contribution in [1.82, 2.24) is 9.88 Å². The normalized spacial score (nSPS) is 13.6. The molecule has 0 bridgehead atoms. The molecule has 3 aromatic rings. The fourth-order valence-corrected chi connectivity index (χ4v) is 3.81. The topological polar surface area (TPSA) is 92.5 Å². The average molecular weight is 450 g/mol. The van der Waals surface area contributed by atoms with E-state index in [1.807, 2.05) is 24.3 Å². The summed E-state index contributed by atoms with van der Waals surface area (Å²) in [5.74, 6) is 0.356. The van der Waals surface area contributed by atoms with Crippen molar-refractivity contribution < 1.29 is 13.9 Å². The van der Waals surface area contributed by atoms with Gasteiger partial charge in [0.05, 0.1) is 11.3 Å². The highest BCUT2D eigenvalue weighted by Crippen LogP contribution is 2.25. The van der Waals surface area contributed by atoms with Gasteiger partial charge in [0.25, 0.3) is 5.91 Å². The zero-order valence-electron chi connectivity index (χ0n) is 18.4. The standard InChI is InChI=1S/C25H28FN5O2/c26-22-9-2-1-6-18(22)16-28-23-15-24(29-17-21(23)25(27)32)30-19-7-5-8-20(14-19)33-13-12-31-10-3-4-11-31/h1-2,5-9,14-15,17H,3-4,10-13,16H2,(H2,27,32)(H2,28,29,30). The first-order valence-electron chi connectivity index (χ1n) is 11.1. The van der Waals surface area contributed by atoms with Gasteiger partial charge in [-0.25, -0.2) is 9.37 Å². The van der Waals surface area contributed by atoms with E-state index in [2.05, 4.69) is 20.5 Å². The minimum Gasteiger partial charge on any atom is -0.492 e. The summed E-state index contributed by atoms with van der Waals surface area (Å²) in [5, 5.41) is 6.32. The SMILES string of the molecule is NC(=O)c1cnc(Nc2cccc(OCCN3CCCC3)c2)cc1NCc1ccccc1F. The summed E-state index contributed by atoms with van der Waals surface area (Å²) < 4.78 is 19.9. The minimum atomic E-state index is -0.613. The lowest BCUT2D eigenvalue weighted by molar-refractivity contribution is 0.100. The summed E-state index contributed by atoms with van der Waals surface area (Å²) in [6.07, 6.45) is 3.93. The molecule has 0 spiro atoms. The second kappa shape index (κ2) is 10.8. The summed E-state index contributed by atoms with van der Waals surface area (Å²) >= 11 is 0. The van der Waals surface area contributed by atoms with E-state index >= 15 is 0 Å². The van der Waals surface area contributed by atoms with Crippen LogP contribution in [0.1, 0.15) is 28.8 Å². The van der Waals surface area contributed by atoms with Gasteiger partial charge in [0.1, 0.15) is 24.0 Å². The van der Waals surface area contributed by atoms with E-state index in [1.54, 1.807) is 24.3 Å². The third kappa shape index (κ3) is 6.20. The monoisotopic (exact) mass is 449 g/mol. The van der Waals surface area contributed by atoms with E-state index in [-0.39, 0.29) is 17.9 Å². The Hall–Kier alpha value is -3.65. The smallest absolute Gasteiger partial charge is 0.252 e. The van der Waals surface area contributed by atoms with Crippen LogP contribution in [0.2, 0.25) is 0 Å². The van der Waals surface area contributed by atoms with Crippen LogP contribution >= 0.6 is 0 Å². The maximum Gasteiger partial charge on any atom is 0.252 e. The lowest BCUT2D eigenvalue weighted by Crippen LogP contribution is -2.25. The molecule has 0 atom stereocenters. The number of primary amides is 1. The molecule has 1 aromatic heterocycles. The van der Waals surface area contributed by atoms with Crippen LogP contribution in [-0.2, 0) is 6.54 Å². The van der Waals surface area contributed by atoms with Crippen molar-refractivity contribution in [3.8, 4) is 5.75 Å². The Morgan fingerprint density at radius 1 is 1.12 bits per heavy atom. The van der Waals surface area contributed by atoms with Crippen LogP contribution in [0.15, 0.2) is 60.8 Å². The van der Waals surface area contributed by atoms with Gasteiger partial charge in [-0.05, 0) is 44.1 Å². The van der Waals surface area contributed by atoms with Crippen LogP contribution in [0.3, 0.4) is 0 Å². The Morgan fingerprint density at radius 3 is 2.73 bits per heavy atom. The number of nitrogens with two attached hydrogens (primary N) is 1. The number of likely N-dealkylation sites (tertiary alicyclic amines) is 1. The predicted molar refractivity (Wildman–Crippen MR) is 127 cm³/mol. The third-order valence-electron chi connectivity index (χ3n) is 5.58. The van der Waals surface area contributed by atoms with Gasteiger partial charge in [-0.15, -0.1) is 0 Å². The highest BCUT2D eigenvalue weighted by atomic mass is 19.1. The molecule has 0 unspecified atom stereocenters. The van der Waals surface area contributed by atoms with Crippen LogP contribution in [0.25, 0.3) is 0 Å². The van der Waals surface area contributed by atoms with E-state index in [0.29, 0.717) is 23.7 Å². The maximum atomic E-state index is 14.0. The van der Waals surface area contributed by atoms with Gasteiger partial charge in [-0.1, -0.05) is 24.3 Å². The summed E-state index contributed by atoms with van der Waals surface area (Å²) in [6.45, 7) is 4.05. The summed E-state index contributed by atoms with van der Waals surface area (Å²) in [5.41, 5.74) is 7.48. The summed E-state index contributed by atoms with van der Waals surface area (Å²) in [4.78, 5) is 18.5. The first kappa shape index (κ1) is 22.5. The molecule has 172 valence electrons. The molecule has 2 heterocycles. The molecule has 0 radical (unpaired) electrons. The number of ether oxygens (including phenoxy) is 1. The first-order valence-corrected chi connectivity index (χ1v) is 11.1. The van der Waals surface area contributed by atoms with Crippen LogP contribution in [0.5, 0.6) is 5.75 Å². The molecule has 1 aliphatic heterocycles. The van der Waals surface area contributed by atoms with Crippen molar-refractivity contribution in [2.45, 2.75) is 19.4 Å². The zero-order chi connectivity index (χ0) is 23.0. The van der Waals surface area contributed by atoms with E-state index in [4.69, 9.17) is 10.5 Å². The maximum absolute atomic E-state index is 14.0. The molecular formula is C25H28FN5O2. The molecule has 2 aromatic carbocycles. The number of anilines is 3. The van der Waals surface area contributed by atoms with Crippen molar-refractivity contribution in [3.05, 3.63) is 77.7 Å². The van der Waals surface area contributed by atoms with Gasteiger partial charge < -0.3 is 21.1 Å². The van der Waals surface area contributed by atoms with Crippen molar-refractivity contribution >= 4 is 23.1 Å². The molecule has 0 aliphatic carbocycles. The Morgan fingerprint density at radius 2 is 1.94 bits per heavy atom. The number of carbonyl (C=O) groups is 1. The number of halogens is 1. The van der Waals surface area contributed by atoms with Crippen molar-refractivity contribution in [1.29, 1.82) is 0 Å². The minimum absolute atomic E-state index is 0.205. The molecule has 4 N–H and O–H groups in total. The second-order valence-corrected chi connectivity index (χ2v) is 7.97. The van der Waals surface area contributed by atoms with E-state index < -0.39 is 5.91 Å². The van der Waals surface area contributed by atoms with Crippen LogP contribution in [0.4, 0.5) is 21.6 Å². The number of rotatable bonds is 10. The number of carbonyl (C=O) groups excluding carboxylic acids is 1. The van der Waals surface area contributed by atoms with Crippen LogP contribution < -0.4 is 21.1 Å². The molecular weight excluding hydrogens is 421 g/mol. The molecule has 33 heavy (non-hydrogen) atoms. The molecule has 1 amide bonds. The Labute approximate surface area is 192 Å². The molecule has 1 saturated heterocycles. The van der Waals surface area contributed by atoms with Crippen molar-refractivity contribution in [2.75, 3.05) is 36.9 Å². The van der Waals surface area contributed by atoms with Gasteiger partial charge in [0, 0.05) is 42.7 Å². The quantitative estimate of drug-likeness (QED) is 0.431. The van der Waals surface area contributed by atoms with Crippen molar-refractivity contribution in [3.63, 3.8) is 0 Å². The van der Waals surface area contributed by atoms with Gasteiger partial charge in [0.15, 0.2) is 0 Å². The fourth-order valence-electron chi connectivity index (χ4n) is 3.81. The Bertz CT molecular complexity index is 1100. The number of nitrogens with one attached hydrogen (secondary N) is 2. The molecule has 0 saturated carbocycles. The number of aromatic nitrogens is 1. The number of nitrogens with zero attached hydrogens (tertiary/aromatic N) is 2. The number of pyridine rings is 1. The van der Waals surface area contributed by atoms with Gasteiger partial charge in [0.2, 0.25) is 0 Å². The van der Waals surface area contributed by atoms with E-state index in [0.717, 1.165) is 31.1 Å². The van der Waals surface area contributed by atoms with Gasteiger partial charge in [-0.3, -0.25) is 9.69 Å². The largest absolute Gasteiger partial charge is 0.492 e. The number of amides is 1. The first-order chi connectivity index (χ1) is 16.1. The lowest BCUT2D eigenvalue weighted by atomic mass is 10.1. The average Bonchev–Trinajstić information content (AvgIpc) is 3.32. The van der Waals surface area contributed by atoms with Crippen molar-refractivity contribution in [2.24, 2.45) is 5.73 Å². The third-order valence-corrected chi connectivity index (χ3v) is 5.58. The van der Waals surface area contributed by atoms with E-state index in [1.165, 1.54) is 25.1 Å². The molecule has 1 aliphatic rings. The fraction of sp³-hybridized carbons (Fsp3) is 0.280. The highest BCUT2D eigenvalue weighted by Gasteiger charge is 2.13. The zero-order valence-corrected chi connectivity index (χ0v) is 18.4. The number of hydrogen-bond acceptors (Lipinski definition) is 6. The Balaban J connectivity index is 1.42. The number of hydrogen-bond donors (Lipinski definition) is 3. The Kier molecular flexibility index (Phi) is 7.36. The molecule has 7 nitrogen and oxygen atoms in total. The predicted octanol–water partition coefficient (Wildman–Crippen LogP) is 4.15. The second-order valence-electron chi connectivity index (χ2n) is 7.97. The number of benzene rings is 2. The van der Waals surface area contributed by atoms with Crippen LogP contribution in [-0.4, -0.2) is 42.0 Å². The van der Waals surface area contributed by atoms with Gasteiger partial charge in [-0.2, -0.15) is 0 Å². The summed E-state index contributed by atoms with van der Waals surface area (Å²) in [7, 11) is 0. The summed E-state index contributed by atoms with van der Waals surface area (Å²) in [6, 6.07) is 15.8. The van der Waals surface area contributed by atoms with Crippen LogP contribution in [0, 0.1) is 5.82 Å².